The van der Waals surface area contributed by atoms with Gasteiger partial charge in [-0.2, -0.15) is 5.10 Å². The highest BCUT2D eigenvalue weighted by molar-refractivity contribution is 5.78. The zero-order valence-electron chi connectivity index (χ0n) is 14.2. The molecular weight excluding hydrogens is 308 g/mol. The Hall–Kier alpha value is -2.48. The van der Waals surface area contributed by atoms with Gasteiger partial charge in [-0.3, -0.25) is 9.89 Å². The van der Waals surface area contributed by atoms with Gasteiger partial charge in [-0.25, -0.2) is 9.97 Å². The van der Waals surface area contributed by atoms with E-state index in [2.05, 4.69) is 20.2 Å². The number of carbonyl (C=O) groups excluding carboxylic acids is 1. The lowest BCUT2D eigenvalue weighted by Gasteiger charge is -2.32. The Kier molecular flexibility index (Phi) is 4.75. The van der Waals surface area contributed by atoms with E-state index in [-0.39, 0.29) is 12.0 Å². The van der Waals surface area contributed by atoms with Crippen molar-refractivity contribution >= 4 is 11.9 Å². The first kappa shape index (κ1) is 16.4. The van der Waals surface area contributed by atoms with Crippen molar-refractivity contribution in [2.45, 2.75) is 19.4 Å². The van der Waals surface area contributed by atoms with Crippen LogP contribution in [-0.4, -0.2) is 64.8 Å². The fourth-order valence-corrected chi connectivity index (χ4v) is 2.64. The number of ether oxygens (including phenoxy) is 1. The van der Waals surface area contributed by atoms with Crippen LogP contribution in [0.1, 0.15) is 23.2 Å². The molecule has 1 aliphatic heterocycles. The van der Waals surface area contributed by atoms with Gasteiger partial charge in [0.1, 0.15) is 6.10 Å². The van der Waals surface area contributed by atoms with Crippen LogP contribution < -0.4 is 4.90 Å². The van der Waals surface area contributed by atoms with Crippen LogP contribution in [0.15, 0.2) is 18.3 Å². The summed E-state index contributed by atoms with van der Waals surface area (Å²) in [6, 6.07) is 3.73. The fourth-order valence-electron chi connectivity index (χ4n) is 2.64. The first-order valence-electron chi connectivity index (χ1n) is 7.93. The lowest BCUT2D eigenvalue weighted by atomic mass is 10.1. The molecular formula is C16H22N6O2. The summed E-state index contributed by atoms with van der Waals surface area (Å²) < 4.78 is 5.81. The molecule has 0 saturated carbocycles. The number of hydrogen-bond acceptors (Lipinski definition) is 6. The summed E-state index contributed by atoms with van der Waals surface area (Å²) in [5.74, 6) is 0.684. The molecule has 1 N–H and O–H groups in total. The third-order valence-electron chi connectivity index (χ3n) is 3.90. The molecule has 0 aliphatic carbocycles. The van der Waals surface area contributed by atoms with Gasteiger partial charge in [0.15, 0.2) is 0 Å². The van der Waals surface area contributed by atoms with Gasteiger partial charge in [0.25, 0.3) is 0 Å². The number of H-pyrrole nitrogens is 1. The van der Waals surface area contributed by atoms with Crippen LogP contribution >= 0.6 is 0 Å². The number of nitrogens with zero attached hydrogens (tertiary/aromatic N) is 5. The Labute approximate surface area is 140 Å². The highest BCUT2D eigenvalue weighted by atomic mass is 16.5. The summed E-state index contributed by atoms with van der Waals surface area (Å²) >= 11 is 0. The van der Waals surface area contributed by atoms with Gasteiger partial charge in [-0.05, 0) is 19.1 Å². The number of amides is 1. The molecule has 1 aliphatic rings. The average Bonchev–Trinajstić information content (AvgIpc) is 3.00. The van der Waals surface area contributed by atoms with Crippen LogP contribution in [0.5, 0.6) is 0 Å². The molecule has 2 aromatic rings. The second kappa shape index (κ2) is 6.96. The molecule has 1 amide bonds. The number of rotatable bonds is 4. The first-order chi connectivity index (χ1) is 11.5. The summed E-state index contributed by atoms with van der Waals surface area (Å²) in [6.45, 7) is 3.50. The quantitative estimate of drug-likeness (QED) is 0.889. The molecule has 3 rings (SSSR count). The van der Waals surface area contributed by atoms with Crippen LogP contribution in [0.3, 0.4) is 0 Å². The van der Waals surface area contributed by atoms with Crippen molar-refractivity contribution in [2.75, 3.05) is 38.7 Å². The van der Waals surface area contributed by atoms with Crippen molar-refractivity contribution in [2.24, 2.45) is 0 Å². The number of carbonyl (C=O) groups is 1. The van der Waals surface area contributed by atoms with Gasteiger partial charge in [0.2, 0.25) is 11.9 Å². The van der Waals surface area contributed by atoms with Crippen molar-refractivity contribution in [1.82, 2.24) is 25.1 Å². The molecule has 0 aromatic carbocycles. The van der Waals surface area contributed by atoms with Gasteiger partial charge < -0.3 is 14.5 Å². The van der Waals surface area contributed by atoms with Gasteiger partial charge in [-0.15, -0.1) is 0 Å². The number of nitrogens with one attached hydrogen (secondary N) is 1. The fraction of sp³-hybridized carbons (Fsp3) is 0.500. The summed E-state index contributed by atoms with van der Waals surface area (Å²) in [4.78, 5) is 24.9. The normalized spacial score (nSPS) is 17.8. The van der Waals surface area contributed by atoms with Crippen molar-refractivity contribution in [3.63, 3.8) is 0 Å². The molecule has 0 radical (unpaired) electrons. The Balaban J connectivity index is 1.67. The Morgan fingerprint density at radius 1 is 1.50 bits per heavy atom. The van der Waals surface area contributed by atoms with E-state index in [1.807, 2.05) is 43.0 Å². The molecule has 2 aromatic heterocycles. The SMILES string of the molecule is Cc1cc(CC(=O)N2CCOC(c3ccnc(N(C)C)n3)C2)n[nH]1. The lowest BCUT2D eigenvalue weighted by molar-refractivity contribution is -0.138. The second-order valence-corrected chi connectivity index (χ2v) is 6.09. The summed E-state index contributed by atoms with van der Waals surface area (Å²) in [6.07, 6.45) is 1.78. The topological polar surface area (TPSA) is 87.2 Å². The Bertz CT molecular complexity index is 714. The van der Waals surface area contributed by atoms with E-state index >= 15 is 0 Å². The van der Waals surface area contributed by atoms with E-state index in [0.717, 1.165) is 17.1 Å². The Morgan fingerprint density at radius 3 is 3.04 bits per heavy atom. The van der Waals surface area contributed by atoms with Crippen molar-refractivity contribution in [3.8, 4) is 0 Å². The van der Waals surface area contributed by atoms with Crippen LogP contribution in [0.25, 0.3) is 0 Å². The molecule has 1 fully saturated rings. The predicted molar refractivity (Wildman–Crippen MR) is 88.7 cm³/mol. The van der Waals surface area contributed by atoms with Gasteiger partial charge >= 0.3 is 0 Å². The number of aryl methyl sites for hydroxylation is 1. The maximum absolute atomic E-state index is 12.5. The van der Waals surface area contributed by atoms with Crippen molar-refractivity contribution in [3.05, 3.63) is 35.4 Å². The number of hydrogen-bond donors (Lipinski definition) is 1. The highest BCUT2D eigenvalue weighted by Crippen LogP contribution is 2.22. The zero-order valence-corrected chi connectivity index (χ0v) is 14.2. The zero-order chi connectivity index (χ0) is 17.1. The molecule has 0 bridgehead atoms. The average molecular weight is 330 g/mol. The molecule has 1 saturated heterocycles. The predicted octanol–water partition coefficient (Wildman–Crippen LogP) is 0.717. The molecule has 0 spiro atoms. The first-order valence-corrected chi connectivity index (χ1v) is 7.93. The molecule has 128 valence electrons. The summed E-state index contributed by atoms with van der Waals surface area (Å²) in [5.41, 5.74) is 2.51. The number of aromatic nitrogens is 4. The summed E-state index contributed by atoms with van der Waals surface area (Å²) in [5, 5.41) is 6.99. The third-order valence-corrected chi connectivity index (χ3v) is 3.90. The Morgan fingerprint density at radius 2 is 2.33 bits per heavy atom. The molecule has 8 nitrogen and oxygen atoms in total. The molecule has 1 unspecified atom stereocenters. The smallest absolute Gasteiger partial charge is 0.228 e. The number of anilines is 1. The van der Waals surface area contributed by atoms with E-state index in [9.17, 15) is 4.79 Å². The monoisotopic (exact) mass is 330 g/mol. The molecule has 3 heterocycles. The maximum Gasteiger partial charge on any atom is 0.228 e. The number of aromatic amines is 1. The highest BCUT2D eigenvalue weighted by Gasteiger charge is 2.27. The molecule has 8 heteroatoms. The lowest BCUT2D eigenvalue weighted by Crippen LogP contribution is -2.43. The van der Waals surface area contributed by atoms with E-state index < -0.39 is 0 Å². The third kappa shape index (κ3) is 3.70. The minimum Gasteiger partial charge on any atom is -0.368 e. The van der Waals surface area contributed by atoms with E-state index in [0.29, 0.717) is 32.1 Å². The minimum absolute atomic E-state index is 0.0525. The van der Waals surface area contributed by atoms with Crippen LogP contribution in [-0.2, 0) is 16.0 Å². The van der Waals surface area contributed by atoms with Crippen LogP contribution in [0, 0.1) is 6.92 Å². The van der Waals surface area contributed by atoms with Crippen molar-refractivity contribution < 1.29 is 9.53 Å². The van der Waals surface area contributed by atoms with E-state index in [1.165, 1.54) is 0 Å². The van der Waals surface area contributed by atoms with E-state index in [4.69, 9.17) is 4.74 Å². The van der Waals surface area contributed by atoms with Crippen LogP contribution in [0.4, 0.5) is 5.95 Å². The molecule has 1 atom stereocenters. The maximum atomic E-state index is 12.5. The summed E-state index contributed by atoms with van der Waals surface area (Å²) in [7, 11) is 3.78. The van der Waals surface area contributed by atoms with Gasteiger partial charge in [-0.1, -0.05) is 0 Å². The molecule has 24 heavy (non-hydrogen) atoms. The standard InChI is InChI=1S/C16H22N6O2/c1-11-8-12(20-19-11)9-15(23)22-6-7-24-14(10-22)13-4-5-17-16(18-13)21(2)3/h4-5,8,14H,6-7,9-10H2,1-3H3,(H,19,20). The van der Waals surface area contributed by atoms with Crippen LogP contribution in [0.2, 0.25) is 0 Å². The van der Waals surface area contributed by atoms with Gasteiger partial charge in [0.05, 0.1) is 31.0 Å². The van der Waals surface area contributed by atoms with Crippen molar-refractivity contribution in [1.29, 1.82) is 0 Å². The minimum atomic E-state index is -0.231. The number of morpholine rings is 1. The van der Waals surface area contributed by atoms with E-state index in [1.54, 1.807) is 6.20 Å². The largest absolute Gasteiger partial charge is 0.368 e. The van der Waals surface area contributed by atoms with Gasteiger partial charge in [0, 0.05) is 32.5 Å². The second-order valence-electron chi connectivity index (χ2n) is 6.09.